The van der Waals surface area contributed by atoms with Crippen LogP contribution < -0.4 is 0 Å². The predicted octanol–water partition coefficient (Wildman–Crippen LogP) is 5.73. The zero-order valence-corrected chi connectivity index (χ0v) is 13.0. The monoisotopic (exact) mass is 311 g/mol. The van der Waals surface area contributed by atoms with Crippen LogP contribution in [0.5, 0.6) is 0 Å². The smallest absolute Gasteiger partial charge is 0.258 e. The van der Waals surface area contributed by atoms with E-state index in [4.69, 9.17) is 0 Å². The summed E-state index contributed by atoms with van der Waals surface area (Å²) in [7, 11) is 0. The molecule has 122 valence electrons. The van der Waals surface area contributed by atoms with Crippen molar-refractivity contribution in [3.63, 3.8) is 0 Å². The predicted molar refractivity (Wildman–Crippen MR) is 81.9 cm³/mol. The van der Waals surface area contributed by atoms with Crippen molar-refractivity contribution in [2.45, 2.75) is 64.2 Å². The molecule has 0 saturated heterocycles. The first kappa shape index (κ1) is 16.8. The lowest BCUT2D eigenvalue weighted by Crippen LogP contribution is -2.14. The van der Waals surface area contributed by atoms with E-state index in [0.29, 0.717) is 5.56 Å². The van der Waals surface area contributed by atoms with E-state index in [9.17, 15) is 18.9 Å². The molecule has 1 saturated carbocycles. The van der Waals surface area contributed by atoms with Crippen LogP contribution in [0.15, 0.2) is 12.1 Å². The number of nitro groups is 1. The number of hydrogen-bond acceptors (Lipinski definition) is 2. The zero-order valence-electron chi connectivity index (χ0n) is 13.0. The van der Waals surface area contributed by atoms with Gasteiger partial charge in [0.15, 0.2) is 0 Å². The van der Waals surface area contributed by atoms with E-state index in [-0.39, 0.29) is 5.92 Å². The van der Waals surface area contributed by atoms with Gasteiger partial charge >= 0.3 is 5.69 Å². The zero-order chi connectivity index (χ0) is 16.1. The van der Waals surface area contributed by atoms with Crippen molar-refractivity contribution < 1.29 is 13.7 Å². The van der Waals surface area contributed by atoms with Gasteiger partial charge in [-0.2, -0.15) is 8.78 Å². The van der Waals surface area contributed by atoms with Crippen molar-refractivity contribution in [1.82, 2.24) is 0 Å². The molecule has 1 aromatic carbocycles. The second kappa shape index (κ2) is 7.65. The van der Waals surface area contributed by atoms with Crippen LogP contribution in [0.3, 0.4) is 0 Å². The summed E-state index contributed by atoms with van der Waals surface area (Å²) in [6.07, 6.45) is 8.95. The standard InChI is InChI=1S/C17H23F2NO2/c1-2-3-4-5-12-6-8-13(9-7-12)14-10-15(18)17(20(21)22)16(19)11-14/h10-13H,2-9H2,1H3. The topological polar surface area (TPSA) is 43.1 Å². The van der Waals surface area contributed by atoms with Gasteiger partial charge in [0.2, 0.25) is 11.6 Å². The molecule has 0 aliphatic heterocycles. The molecule has 5 heteroatoms. The Balaban J connectivity index is 1.98. The maximum Gasteiger partial charge on any atom is 0.340 e. The lowest BCUT2D eigenvalue weighted by molar-refractivity contribution is -0.390. The summed E-state index contributed by atoms with van der Waals surface area (Å²) in [5.41, 5.74) is -0.482. The van der Waals surface area contributed by atoms with Gasteiger partial charge in [-0.15, -0.1) is 0 Å². The van der Waals surface area contributed by atoms with Crippen molar-refractivity contribution >= 4 is 5.69 Å². The van der Waals surface area contributed by atoms with Gasteiger partial charge < -0.3 is 0 Å². The minimum Gasteiger partial charge on any atom is -0.258 e. The Labute approximate surface area is 129 Å². The number of nitrogens with zero attached hydrogens (tertiary/aromatic N) is 1. The highest BCUT2D eigenvalue weighted by atomic mass is 19.1. The average molecular weight is 311 g/mol. The van der Waals surface area contributed by atoms with Crippen LogP contribution in [0, 0.1) is 27.7 Å². The molecule has 0 spiro atoms. The molecule has 1 fully saturated rings. The molecule has 1 aliphatic carbocycles. The molecule has 0 amide bonds. The van der Waals surface area contributed by atoms with Gasteiger partial charge in [0, 0.05) is 0 Å². The number of rotatable bonds is 6. The Morgan fingerprint density at radius 1 is 1.14 bits per heavy atom. The highest BCUT2D eigenvalue weighted by Gasteiger charge is 2.27. The van der Waals surface area contributed by atoms with Gasteiger partial charge in [-0.1, -0.05) is 32.6 Å². The highest BCUT2D eigenvalue weighted by molar-refractivity contribution is 5.38. The Kier molecular flexibility index (Phi) is 5.86. The third-order valence-electron chi connectivity index (χ3n) is 4.76. The molecular weight excluding hydrogens is 288 g/mol. The Bertz CT molecular complexity index is 502. The highest BCUT2D eigenvalue weighted by Crippen LogP contribution is 2.39. The third kappa shape index (κ3) is 4.02. The van der Waals surface area contributed by atoms with Gasteiger partial charge in [-0.25, -0.2) is 0 Å². The largest absolute Gasteiger partial charge is 0.340 e. The molecule has 0 radical (unpaired) electrons. The normalized spacial score (nSPS) is 21.8. The van der Waals surface area contributed by atoms with E-state index >= 15 is 0 Å². The van der Waals surface area contributed by atoms with Crippen LogP contribution in [0.4, 0.5) is 14.5 Å². The van der Waals surface area contributed by atoms with Crippen molar-refractivity contribution in [3.05, 3.63) is 39.4 Å². The third-order valence-corrected chi connectivity index (χ3v) is 4.76. The van der Waals surface area contributed by atoms with E-state index < -0.39 is 22.2 Å². The summed E-state index contributed by atoms with van der Waals surface area (Å²) >= 11 is 0. The van der Waals surface area contributed by atoms with Crippen LogP contribution in [-0.2, 0) is 0 Å². The van der Waals surface area contributed by atoms with Crippen molar-refractivity contribution in [2.75, 3.05) is 0 Å². The fourth-order valence-electron chi connectivity index (χ4n) is 3.46. The molecule has 0 atom stereocenters. The molecule has 1 aliphatic rings. The van der Waals surface area contributed by atoms with Gasteiger partial charge in [-0.3, -0.25) is 10.1 Å². The molecule has 3 nitrogen and oxygen atoms in total. The van der Waals surface area contributed by atoms with Gasteiger partial charge in [0.1, 0.15) is 0 Å². The van der Waals surface area contributed by atoms with Gasteiger partial charge in [0.05, 0.1) is 4.92 Å². The molecule has 0 aromatic heterocycles. The Morgan fingerprint density at radius 2 is 1.73 bits per heavy atom. The minimum absolute atomic E-state index is 0.118. The maximum atomic E-state index is 13.7. The lowest BCUT2D eigenvalue weighted by Gasteiger charge is -2.28. The number of unbranched alkanes of at least 4 members (excludes halogenated alkanes) is 2. The number of nitro benzene ring substituents is 1. The molecule has 0 N–H and O–H groups in total. The number of hydrogen-bond donors (Lipinski definition) is 0. The fourth-order valence-corrected chi connectivity index (χ4v) is 3.46. The molecule has 1 aromatic rings. The summed E-state index contributed by atoms with van der Waals surface area (Å²) < 4.78 is 27.4. The summed E-state index contributed by atoms with van der Waals surface area (Å²) in [6.45, 7) is 2.19. The first-order valence-corrected chi connectivity index (χ1v) is 8.16. The van der Waals surface area contributed by atoms with Crippen molar-refractivity contribution in [3.8, 4) is 0 Å². The Hall–Kier alpha value is -1.52. The molecule has 0 bridgehead atoms. The van der Waals surface area contributed by atoms with Crippen LogP contribution in [0.2, 0.25) is 0 Å². The first-order valence-electron chi connectivity index (χ1n) is 8.16. The average Bonchev–Trinajstić information content (AvgIpc) is 2.47. The lowest BCUT2D eigenvalue weighted by atomic mass is 9.77. The SMILES string of the molecule is CCCCCC1CCC(c2cc(F)c([N+](=O)[O-])c(F)c2)CC1. The number of benzene rings is 1. The summed E-state index contributed by atoms with van der Waals surface area (Å²) in [5, 5.41) is 10.6. The second-order valence-electron chi connectivity index (χ2n) is 6.30. The van der Waals surface area contributed by atoms with E-state index in [1.807, 2.05) is 0 Å². The van der Waals surface area contributed by atoms with Crippen LogP contribution in [0.1, 0.15) is 69.8 Å². The summed E-state index contributed by atoms with van der Waals surface area (Å²) in [4.78, 5) is 9.62. The summed E-state index contributed by atoms with van der Waals surface area (Å²) in [6, 6.07) is 2.28. The first-order chi connectivity index (χ1) is 10.5. The van der Waals surface area contributed by atoms with E-state index in [1.165, 1.54) is 25.7 Å². The van der Waals surface area contributed by atoms with Crippen LogP contribution >= 0.6 is 0 Å². The molecular formula is C17H23F2NO2. The van der Waals surface area contributed by atoms with Crippen molar-refractivity contribution in [2.24, 2.45) is 5.92 Å². The summed E-state index contributed by atoms with van der Waals surface area (Å²) in [5.74, 6) is -1.29. The van der Waals surface area contributed by atoms with Crippen LogP contribution in [0.25, 0.3) is 0 Å². The van der Waals surface area contributed by atoms with Crippen molar-refractivity contribution in [1.29, 1.82) is 0 Å². The quantitative estimate of drug-likeness (QED) is 0.382. The van der Waals surface area contributed by atoms with E-state index in [0.717, 1.165) is 43.7 Å². The van der Waals surface area contributed by atoms with E-state index in [2.05, 4.69) is 6.92 Å². The van der Waals surface area contributed by atoms with Gasteiger partial charge in [0.25, 0.3) is 0 Å². The van der Waals surface area contributed by atoms with Crippen LogP contribution in [-0.4, -0.2) is 4.92 Å². The number of halogens is 2. The molecule has 22 heavy (non-hydrogen) atoms. The van der Waals surface area contributed by atoms with Gasteiger partial charge in [-0.05, 0) is 55.2 Å². The molecule has 0 unspecified atom stereocenters. The second-order valence-corrected chi connectivity index (χ2v) is 6.30. The maximum absolute atomic E-state index is 13.7. The fraction of sp³-hybridized carbons (Fsp3) is 0.647. The van der Waals surface area contributed by atoms with E-state index in [1.54, 1.807) is 0 Å². The molecule has 0 heterocycles. The minimum atomic E-state index is -1.06. The Morgan fingerprint density at radius 3 is 2.23 bits per heavy atom. The molecule has 2 rings (SSSR count).